The molecule has 0 aliphatic rings. The zero-order valence-corrected chi connectivity index (χ0v) is 14.9. The van der Waals surface area contributed by atoms with Crippen molar-refractivity contribution in [3.63, 3.8) is 0 Å². The lowest BCUT2D eigenvalue weighted by Crippen LogP contribution is -2.27. The van der Waals surface area contributed by atoms with Crippen LogP contribution in [0.3, 0.4) is 0 Å². The summed E-state index contributed by atoms with van der Waals surface area (Å²) in [6, 6.07) is 7.13. The lowest BCUT2D eigenvalue weighted by molar-refractivity contribution is 0.0600. The van der Waals surface area contributed by atoms with Gasteiger partial charge in [0, 0.05) is 6.20 Å². The number of carbonyl (C=O) groups excluding carboxylic acids is 1. The zero-order chi connectivity index (χ0) is 18.4. The van der Waals surface area contributed by atoms with Crippen LogP contribution in [0.2, 0.25) is 5.02 Å². The standard InChI is InChI=1S/C16H16ClFN2O4S/c1-24-16(21)12-3-4-13(19-9-12)10-20-25(22,23)7-6-11-2-5-15(18)14(17)8-11/h2-5,8-9,20H,6-7,10H2,1H3. The number of halogens is 2. The fourth-order valence-corrected chi connectivity index (χ4v) is 3.19. The topological polar surface area (TPSA) is 85.4 Å². The van der Waals surface area contributed by atoms with Gasteiger partial charge in [-0.15, -0.1) is 0 Å². The molecule has 25 heavy (non-hydrogen) atoms. The van der Waals surface area contributed by atoms with Crippen LogP contribution in [0.15, 0.2) is 36.5 Å². The Balaban J connectivity index is 1.90. The van der Waals surface area contributed by atoms with E-state index >= 15 is 0 Å². The number of ether oxygens (including phenoxy) is 1. The molecular formula is C16H16ClFN2O4S. The number of nitrogens with one attached hydrogen (secondary N) is 1. The van der Waals surface area contributed by atoms with E-state index in [1.807, 2.05) is 0 Å². The third kappa shape index (κ3) is 5.77. The average molecular weight is 387 g/mol. The number of sulfonamides is 1. The Morgan fingerprint density at radius 1 is 1.32 bits per heavy atom. The number of carbonyl (C=O) groups is 1. The van der Waals surface area contributed by atoms with Gasteiger partial charge >= 0.3 is 5.97 Å². The number of aromatic nitrogens is 1. The Morgan fingerprint density at radius 3 is 2.68 bits per heavy atom. The summed E-state index contributed by atoms with van der Waals surface area (Å²) in [5.41, 5.74) is 1.36. The largest absolute Gasteiger partial charge is 0.465 e. The molecule has 0 saturated carbocycles. The van der Waals surface area contributed by atoms with Gasteiger partial charge in [-0.05, 0) is 36.2 Å². The van der Waals surface area contributed by atoms with E-state index < -0.39 is 21.8 Å². The number of rotatable bonds is 7. The molecule has 1 heterocycles. The highest BCUT2D eigenvalue weighted by Gasteiger charge is 2.12. The summed E-state index contributed by atoms with van der Waals surface area (Å²) in [6.45, 7) is -0.00599. The maximum Gasteiger partial charge on any atom is 0.339 e. The maximum atomic E-state index is 13.1. The highest BCUT2D eigenvalue weighted by Crippen LogP contribution is 2.16. The Labute approximate surface area is 150 Å². The molecule has 134 valence electrons. The third-order valence-corrected chi connectivity index (χ3v) is 4.98. The molecule has 6 nitrogen and oxygen atoms in total. The van der Waals surface area contributed by atoms with E-state index in [1.54, 1.807) is 0 Å². The van der Waals surface area contributed by atoms with Crippen molar-refractivity contribution < 1.29 is 22.3 Å². The number of benzene rings is 1. The van der Waals surface area contributed by atoms with Crippen LogP contribution in [0.1, 0.15) is 21.6 Å². The van der Waals surface area contributed by atoms with Crippen LogP contribution in [-0.4, -0.2) is 32.2 Å². The van der Waals surface area contributed by atoms with Gasteiger partial charge in [-0.3, -0.25) is 4.98 Å². The van der Waals surface area contributed by atoms with Crippen LogP contribution in [-0.2, 0) is 27.7 Å². The smallest absolute Gasteiger partial charge is 0.339 e. The molecule has 0 aliphatic carbocycles. The van der Waals surface area contributed by atoms with Gasteiger partial charge in [0.2, 0.25) is 10.0 Å². The van der Waals surface area contributed by atoms with E-state index in [4.69, 9.17) is 11.6 Å². The van der Waals surface area contributed by atoms with E-state index in [9.17, 15) is 17.6 Å². The molecule has 2 aromatic rings. The summed E-state index contributed by atoms with van der Waals surface area (Å²) < 4.78 is 44.1. The predicted octanol–water partition coefficient (Wildman–Crippen LogP) is 2.32. The summed E-state index contributed by atoms with van der Waals surface area (Å²) >= 11 is 5.67. The van der Waals surface area contributed by atoms with Crippen molar-refractivity contribution in [2.45, 2.75) is 13.0 Å². The van der Waals surface area contributed by atoms with Crippen molar-refractivity contribution in [2.24, 2.45) is 0 Å². The predicted molar refractivity (Wildman–Crippen MR) is 91.3 cm³/mol. The molecule has 0 amide bonds. The molecule has 9 heteroatoms. The second-order valence-electron chi connectivity index (χ2n) is 5.17. The molecule has 0 fully saturated rings. The molecule has 1 aromatic heterocycles. The first kappa shape index (κ1) is 19.3. The second-order valence-corrected chi connectivity index (χ2v) is 7.50. The van der Waals surface area contributed by atoms with Gasteiger partial charge in [-0.1, -0.05) is 17.7 Å². The van der Waals surface area contributed by atoms with E-state index in [-0.39, 0.29) is 29.3 Å². The number of methoxy groups -OCH3 is 1. The molecule has 0 saturated heterocycles. The highest BCUT2D eigenvalue weighted by atomic mass is 35.5. The number of hydrogen-bond donors (Lipinski definition) is 1. The summed E-state index contributed by atoms with van der Waals surface area (Å²) in [7, 11) is -2.29. The van der Waals surface area contributed by atoms with Gasteiger partial charge in [0.25, 0.3) is 0 Å². The summed E-state index contributed by atoms with van der Waals surface area (Å²) in [6.07, 6.45) is 1.51. The fourth-order valence-electron chi connectivity index (χ4n) is 1.97. The molecule has 0 bridgehead atoms. The Morgan fingerprint density at radius 2 is 2.08 bits per heavy atom. The van der Waals surface area contributed by atoms with Gasteiger partial charge < -0.3 is 4.74 Å². The number of pyridine rings is 1. The van der Waals surface area contributed by atoms with Crippen LogP contribution in [0.5, 0.6) is 0 Å². The molecule has 0 aliphatic heterocycles. The number of hydrogen-bond acceptors (Lipinski definition) is 5. The van der Waals surface area contributed by atoms with Gasteiger partial charge in [-0.25, -0.2) is 22.3 Å². The van der Waals surface area contributed by atoms with Crippen LogP contribution in [0.25, 0.3) is 0 Å². The Hall–Kier alpha value is -2.03. The van der Waals surface area contributed by atoms with E-state index in [0.29, 0.717) is 11.3 Å². The van der Waals surface area contributed by atoms with Gasteiger partial charge in [-0.2, -0.15) is 0 Å². The van der Waals surface area contributed by atoms with Gasteiger partial charge in [0.05, 0.1) is 35.7 Å². The minimum atomic E-state index is -3.55. The monoisotopic (exact) mass is 386 g/mol. The second kappa shape index (κ2) is 8.37. The lowest BCUT2D eigenvalue weighted by Gasteiger charge is -2.07. The molecule has 0 unspecified atom stereocenters. The molecule has 1 N–H and O–H groups in total. The molecule has 1 aromatic carbocycles. The minimum absolute atomic E-state index is 0.00599. The van der Waals surface area contributed by atoms with Crippen molar-refractivity contribution in [3.05, 3.63) is 64.2 Å². The van der Waals surface area contributed by atoms with Crippen molar-refractivity contribution in [3.8, 4) is 0 Å². The summed E-state index contributed by atoms with van der Waals surface area (Å²) in [5.74, 6) is -1.24. The molecular weight excluding hydrogens is 371 g/mol. The average Bonchev–Trinajstić information content (AvgIpc) is 2.61. The number of nitrogens with zero attached hydrogens (tertiary/aromatic N) is 1. The van der Waals surface area contributed by atoms with Crippen LogP contribution in [0, 0.1) is 5.82 Å². The van der Waals surface area contributed by atoms with Gasteiger partial charge in [0.1, 0.15) is 5.82 Å². The normalized spacial score (nSPS) is 11.3. The lowest BCUT2D eigenvalue weighted by atomic mass is 10.2. The van der Waals surface area contributed by atoms with Crippen molar-refractivity contribution in [1.82, 2.24) is 9.71 Å². The highest BCUT2D eigenvalue weighted by molar-refractivity contribution is 7.89. The van der Waals surface area contributed by atoms with Crippen molar-refractivity contribution in [1.29, 1.82) is 0 Å². The Kier molecular flexibility index (Phi) is 6.46. The van der Waals surface area contributed by atoms with Crippen LogP contribution < -0.4 is 4.72 Å². The summed E-state index contributed by atoms with van der Waals surface area (Å²) in [5, 5.41) is -0.0437. The molecule has 0 spiro atoms. The van der Waals surface area contributed by atoms with Crippen LogP contribution >= 0.6 is 11.6 Å². The number of esters is 1. The SMILES string of the molecule is COC(=O)c1ccc(CNS(=O)(=O)CCc2ccc(F)c(Cl)c2)nc1. The number of aryl methyl sites for hydroxylation is 1. The van der Waals surface area contributed by atoms with E-state index in [1.165, 1.54) is 43.6 Å². The fraction of sp³-hybridized carbons (Fsp3) is 0.250. The minimum Gasteiger partial charge on any atom is -0.465 e. The van der Waals surface area contributed by atoms with E-state index in [0.717, 1.165) is 0 Å². The maximum absolute atomic E-state index is 13.1. The summed E-state index contributed by atoms with van der Waals surface area (Å²) in [4.78, 5) is 15.3. The van der Waals surface area contributed by atoms with Gasteiger partial charge in [0.15, 0.2) is 0 Å². The first-order valence-corrected chi connectivity index (χ1v) is 9.28. The third-order valence-electron chi connectivity index (χ3n) is 3.36. The zero-order valence-electron chi connectivity index (χ0n) is 13.3. The van der Waals surface area contributed by atoms with E-state index in [2.05, 4.69) is 14.4 Å². The first-order valence-electron chi connectivity index (χ1n) is 7.25. The molecule has 2 rings (SSSR count). The van der Waals surface area contributed by atoms with Crippen molar-refractivity contribution >= 4 is 27.6 Å². The first-order chi connectivity index (χ1) is 11.8. The van der Waals surface area contributed by atoms with Crippen LogP contribution in [0.4, 0.5) is 4.39 Å². The molecule has 0 atom stereocenters. The Bertz CT molecular complexity index is 857. The quantitative estimate of drug-likeness (QED) is 0.738. The van der Waals surface area contributed by atoms with Crippen molar-refractivity contribution in [2.75, 3.05) is 12.9 Å². The molecule has 0 radical (unpaired) electrons.